The molecule has 1 saturated carbocycles. The number of cyclic esters (lactones) is 1. The Kier molecular flexibility index (Phi) is 8.66. The van der Waals surface area contributed by atoms with Crippen molar-refractivity contribution in [2.75, 3.05) is 27.0 Å². The first-order valence-corrected chi connectivity index (χ1v) is 17.7. The minimum atomic E-state index is -3.26. The SMILES string of the molecule is COc1ccc2c(c1)[C@@]13CCCC[C@@H]1[C@@H](C2)N(C)CC3.CS(=O)(=O)c1ccc(/C(=C2\CCC(=O)O2)c2ccc(Cl)cc2)cc1. The lowest BCUT2D eigenvalue weighted by atomic mass is 9.52. The molecule has 2 saturated heterocycles. The molecule has 3 aromatic carbocycles. The Morgan fingerprint density at radius 1 is 0.977 bits per heavy atom. The number of likely N-dealkylation sites (tertiary alicyclic amines) is 1. The van der Waals surface area contributed by atoms with Crippen molar-refractivity contribution < 1.29 is 22.7 Å². The molecule has 2 heterocycles. The van der Waals surface area contributed by atoms with Crippen molar-refractivity contribution in [1.29, 1.82) is 0 Å². The van der Waals surface area contributed by atoms with Crippen LogP contribution in [0.5, 0.6) is 5.75 Å². The minimum absolute atomic E-state index is 0.245. The highest BCUT2D eigenvalue weighted by atomic mass is 35.5. The first-order chi connectivity index (χ1) is 21.1. The number of esters is 1. The Morgan fingerprint density at radius 3 is 2.32 bits per heavy atom. The van der Waals surface area contributed by atoms with Gasteiger partial charge in [-0.3, -0.25) is 4.79 Å². The molecule has 6 nitrogen and oxygen atoms in total. The van der Waals surface area contributed by atoms with Crippen molar-refractivity contribution >= 4 is 33.0 Å². The summed E-state index contributed by atoms with van der Waals surface area (Å²) in [6.07, 6.45) is 10.2. The van der Waals surface area contributed by atoms with E-state index in [2.05, 4.69) is 30.1 Å². The fourth-order valence-electron chi connectivity index (χ4n) is 7.91. The van der Waals surface area contributed by atoms with Gasteiger partial charge in [-0.2, -0.15) is 0 Å². The van der Waals surface area contributed by atoms with E-state index >= 15 is 0 Å². The molecule has 3 atom stereocenters. The first kappa shape index (κ1) is 30.9. The molecule has 232 valence electrons. The van der Waals surface area contributed by atoms with E-state index < -0.39 is 9.84 Å². The van der Waals surface area contributed by atoms with Crippen LogP contribution in [0.2, 0.25) is 5.02 Å². The largest absolute Gasteiger partial charge is 0.497 e. The van der Waals surface area contributed by atoms with Crippen LogP contribution in [0.4, 0.5) is 0 Å². The summed E-state index contributed by atoms with van der Waals surface area (Å²) in [4.78, 5) is 14.4. The first-order valence-electron chi connectivity index (χ1n) is 15.5. The van der Waals surface area contributed by atoms with Gasteiger partial charge in [-0.15, -0.1) is 0 Å². The van der Waals surface area contributed by atoms with Gasteiger partial charge in [-0.25, -0.2) is 8.42 Å². The fraction of sp³-hybridized carbons (Fsp3) is 0.417. The highest BCUT2D eigenvalue weighted by Gasteiger charge is 2.53. The number of ether oxygens (including phenoxy) is 2. The quantitative estimate of drug-likeness (QED) is 0.283. The van der Waals surface area contributed by atoms with Gasteiger partial charge in [-0.1, -0.05) is 54.8 Å². The number of carbonyl (C=O) groups is 1. The fourth-order valence-corrected chi connectivity index (χ4v) is 8.66. The maximum Gasteiger partial charge on any atom is 0.311 e. The third-order valence-corrected chi connectivity index (χ3v) is 11.5. The molecule has 7 rings (SSSR count). The molecule has 0 radical (unpaired) electrons. The van der Waals surface area contributed by atoms with Gasteiger partial charge in [0.05, 0.1) is 18.4 Å². The van der Waals surface area contributed by atoms with E-state index in [0.29, 0.717) is 29.0 Å². The van der Waals surface area contributed by atoms with E-state index in [-0.39, 0.29) is 10.9 Å². The lowest BCUT2D eigenvalue weighted by Crippen LogP contribution is -2.59. The summed E-state index contributed by atoms with van der Waals surface area (Å²) in [6, 6.07) is 21.4. The third-order valence-electron chi connectivity index (χ3n) is 10.1. The average Bonchev–Trinajstić information content (AvgIpc) is 3.45. The number of benzene rings is 3. The average molecular weight is 634 g/mol. The Morgan fingerprint density at radius 2 is 1.68 bits per heavy atom. The van der Waals surface area contributed by atoms with E-state index in [4.69, 9.17) is 21.1 Å². The molecule has 0 amide bonds. The van der Waals surface area contributed by atoms with Crippen molar-refractivity contribution in [3.8, 4) is 5.75 Å². The number of sulfone groups is 1. The molecule has 0 unspecified atom stereocenters. The standard InChI is InChI=1S/C18H15ClO4S.C18H25NO/c1-24(21,22)15-8-4-13(5-9-15)18(16-10-11-17(20)23-16)12-2-6-14(19)7-3-12;1-19-10-9-18-8-4-3-5-15(18)17(19)11-13-6-7-14(20-2)12-16(13)18/h2-9H,10-11H2,1H3;6-7,12,15,17H,3-5,8-11H2,1-2H3/b18-16+;/t;15-,17-,18-/m.1/s1. The van der Waals surface area contributed by atoms with Crippen LogP contribution in [0, 0.1) is 5.92 Å². The number of allylic oxidation sites excluding steroid dienone is 1. The van der Waals surface area contributed by atoms with E-state index in [0.717, 1.165) is 34.4 Å². The van der Waals surface area contributed by atoms with Crippen LogP contribution < -0.4 is 4.74 Å². The molecule has 8 heteroatoms. The minimum Gasteiger partial charge on any atom is -0.497 e. The van der Waals surface area contributed by atoms with Crippen LogP contribution in [-0.4, -0.2) is 52.3 Å². The van der Waals surface area contributed by atoms with Crippen molar-refractivity contribution in [2.24, 2.45) is 5.92 Å². The second-order valence-corrected chi connectivity index (χ2v) is 15.1. The number of likely N-dealkylation sites (N-methyl/N-ethyl adjacent to an activating group) is 1. The van der Waals surface area contributed by atoms with Gasteiger partial charge in [0, 0.05) is 34.7 Å². The maximum absolute atomic E-state index is 11.6. The van der Waals surface area contributed by atoms with Gasteiger partial charge in [0.25, 0.3) is 0 Å². The van der Waals surface area contributed by atoms with Crippen LogP contribution in [-0.2, 0) is 31.2 Å². The van der Waals surface area contributed by atoms with Crippen LogP contribution >= 0.6 is 11.6 Å². The summed E-state index contributed by atoms with van der Waals surface area (Å²) in [5.74, 6) is 2.24. The Balaban J connectivity index is 0.000000158. The Bertz CT molecular complexity index is 1680. The number of hydrogen-bond acceptors (Lipinski definition) is 6. The number of methoxy groups -OCH3 is 1. The molecule has 0 aromatic heterocycles. The summed E-state index contributed by atoms with van der Waals surface area (Å²) < 4.78 is 34.1. The number of carbonyl (C=O) groups excluding carboxylic acids is 1. The van der Waals surface area contributed by atoms with E-state index in [9.17, 15) is 13.2 Å². The molecule has 44 heavy (non-hydrogen) atoms. The predicted octanol–water partition coefficient (Wildman–Crippen LogP) is 7.22. The molecule has 3 aromatic rings. The molecule has 4 aliphatic rings. The number of piperidine rings is 1. The summed E-state index contributed by atoms with van der Waals surface area (Å²) in [6.45, 7) is 1.26. The van der Waals surface area contributed by atoms with Crippen LogP contribution in [0.25, 0.3) is 5.57 Å². The van der Waals surface area contributed by atoms with Gasteiger partial charge < -0.3 is 14.4 Å². The Hall–Kier alpha value is -3.13. The zero-order valence-electron chi connectivity index (χ0n) is 25.6. The molecule has 2 aliphatic heterocycles. The summed E-state index contributed by atoms with van der Waals surface area (Å²) >= 11 is 5.95. The number of fused-ring (bicyclic) bond motifs is 1. The van der Waals surface area contributed by atoms with Gasteiger partial charge in [0.2, 0.25) is 0 Å². The van der Waals surface area contributed by atoms with Gasteiger partial charge in [0.15, 0.2) is 9.84 Å². The maximum atomic E-state index is 11.6. The summed E-state index contributed by atoms with van der Waals surface area (Å²) in [5.41, 5.74) is 6.09. The van der Waals surface area contributed by atoms with Crippen molar-refractivity contribution in [1.82, 2.24) is 4.90 Å². The Labute approximate surface area is 265 Å². The highest BCUT2D eigenvalue weighted by Crippen LogP contribution is 2.55. The van der Waals surface area contributed by atoms with Crippen molar-refractivity contribution in [2.45, 2.75) is 67.7 Å². The van der Waals surface area contributed by atoms with Crippen LogP contribution in [0.15, 0.2) is 77.4 Å². The third kappa shape index (κ3) is 5.94. The summed E-state index contributed by atoms with van der Waals surface area (Å²) in [5, 5.41) is 0.610. The molecular formula is C36H40ClNO5S. The number of nitrogens with zero attached hydrogens (tertiary/aromatic N) is 1. The second kappa shape index (κ2) is 12.3. The van der Waals surface area contributed by atoms with Gasteiger partial charge in [0.1, 0.15) is 11.5 Å². The smallest absolute Gasteiger partial charge is 0.311 e. The predicted molar refractivity (Wildman–Crippen MR) is 174 cm³/mol. The van der Waals surface area contributed by atoms with Crippen LogP contribution in [0.1, 0.15) is 67.2 Å². The topological polar surface area (TPSA) is 72.9 Å². The normalized spacial score (nSPS) is 25.6. The number of hydrogen-bond donors (Lipinski definition) is 0. The molecule has 2 aliphatic carbocycles. The molecule has 0 N–H and O–H groups in total. The van der Waals surface area contributed by atoms with Crippen molar-refractivity contribution in [3.05, 3.63) is 99.8 Å². The van der Waals surface area contributed by atoms with Gasteiger partial charge >= 0.3 is 5.97 Å². The lowest BCUT2D eigenvalue weighted by Gasteiger charge is -2.58. The highest BCUT2D eigenvalue weighted by molar-refractivity contribution is 7.90. The molecule has 3 fully saturated rings. The van der Waals surface area contributed by atoms with E-state index in [1.807, 2.05) is 12.1 Å². The number of halogens is 1. The molecule has 2 bridgehead atoms. The van der Waals surface area contributed by atoms with Crippen LogP contribution in [0.3, 0.4) is 0 Å². The van der Waals surface area contributed by atoms with E-state index in [1.54, 1.807) is 54.6 Å². The second-order valence-electron chi connectivity index (χ2n) is 12.6. The summed E-state index contributed by atoms with van der Waals surface area (Å²) in [7, 11) is 0.859. The monoisotopic (exact) mass is 633 g/mol. The molecule has 0 spiro atoms. The number of rotatable bonds is 4. The lowest BCUT2D eigenvalue weighted by molar-refractivity contribution is -0.135. The van der Waals surface area contributed by atoms with Crippen molar-refractivity contribution in [3.63, 3.8) is 0 Å². The zero-order valence-corrected chi connectivity index (χ0v) is 27.2. The van der Waals surface area contributed by atoms with E-state index in [1.165, 1.54) is 51.3 Å². The zero-order chi connectivity index (χ0) is 31.1. The van der Waals surface area contributed by atoms with Gasteiger partial charge in [-0.05, 0) is 104 Å². The molecular weight excluding hydrogens is 594 g/mol.